The van der Waals surface area contributed by atoms with E-state index in [1.165, 1.54) is 0 Å². The molecular weight excluding hydrogens is 456 g/mol. The number of nitrogens with zero attached hydrogens (tertiary/aromatic N) is 3. The second-order valence-corrected chi connectivity index (χ2v) is 9.07. The number of nitrogens with one attached hydrogen (secondary N) is 1. The molecule has 0 saturated carbocycles. The number of amides is 3. The first-order valence-electron chi connectivity index (χ1n) is 12.6. The fraction of sp³-hybridized carbons (Fsp3) is 0.393. The van der Waals surface area contributed by atoms with Crippen molar-refractivity contribution in [3.63, 3.8) is 0 Å². The second kappa shape index (κ2) is 11.4. The Morgan fingerprint density at radius 3 is 2.28 bits per heavy atom. The van der Waals surface area contributed by atoms with Crippen LogP contribution in [0.2, 0.25) is 0 Å². The number of likely N-dealkylation sites (N-methyl/N-ethyl adjacent to an activating group) is 1. The zero-order valence-electron chi connectivity index (χ0n) is 21.1. The summed E-state index contributed by atoms with van der Waals surface area (Å²) >= 11 is 0. The first-order chi connectivity index (χ1) is 17.4. The largest absolute Gasteiger partial charge is 0.463 e. The molecule has 4 rings (SSSR count). The number of benzene rings is 2. The Morgan fingerprint density at radius 1 is 1.00 bits per heavy atom. The molecule has 2 aliphatic rings. The van der Waals surface area contributed by atoms with Crippen molar-refractivity contribution >= 4 is 17.9 Å². The quantitative estimate of drug-likeness (QED) is 0.602. The second-order valence-electron chi connectivity index (χ2n) is 9.07. The van der Waals surface area contributed by atoms with Gasteiger partial charge in [0.2, 0.25) is 0 Å². The van der Waals surface area contributed by atoms with Crippen LogP contribution in [-0.2, 0) is 9.53 Å². The summed E-state index contributed by atoms with van der Waals surface area (Å²) in [6, 6.07) is 17.9. The van der Waals surface area contributed by atoms with Crippen molar-refractivity contribution in [1.29, 1.82) is 0 Å². The lowest BCUT2D eigenvalue weighted by atomic mass is 9.94. The minimum absolute atomic E-state index is 0.0180. The van der Waals surface area contributed by atoms with Gasteiger partial charge in [-0.25, -0.2) is 9.59 Å². The molecule has 1 fully saturated rings. The molecule has 8 heteroatoms. The van der Waals surface area contributed by atoms with Gasteiger partial charge in [-0.05, 0) is 38.5 Å². The number of hydrogen-bond acceptors (Lipinski definition) is 5. The molecule has 2 aliphatic heterocycles. The molecule has 36 heavy (non-hydrogen) atoms. The minimum atomic E-state index is -0.589. The molecule has 2 heterocycles. The van der Waals surface area contributed by atoms with Gasteiger partial charge in [0.25, 0.3) is 5.91 Å². The normalized spacial score (nSPS) is 20.8. The van der Waals surface area contributed by atoms with Crippen molar-refractivity contribution in [2.24, 2.45) is 0 Å². The topological polar surface area (TPSA) is 82.2 Å². The Hall–Kier alpha value is -3.65. The van der Waals surface area contributed by atoms with Gasteiger partial charge in [-0.15, -0.1) is 0 Å². The van der Waals surface area contributed by atoms with E-state index in [1.807, 2.05) is 79.4 Å². The van der Waals surface area contributed by atoms with E-state index in [-0.39, 0.29) is 24.6 Å². The molecule has 2 aromatic rings. The third kappa shape index (κ3) is 5.28. The summed E-state index contributed by atoms with van der Waals surface area (Å²) in [6.07, 6.45) is 0. The van der Waals surface area contributed by atoms with Crippen LogP contribution in [0.1, 0.15) is 42.7 Å². The van der Waals surface area contributed by atoms with Gasteiger partial charge in [0.1, 0.15) is 0 Å². The number of esters is 1. The molecular formula is C28H34N4O4. The third-order valence-electron chi connectivity index (χ3n) is 6.75. The van der Waals surface area contributed by atoms with E-state index in [0.717, 1.165) is 5.56 Å². The number of rotatable bonds is 7. The van der Waals surface area contributed by atoms with Crippen LogP contribution in [0, 0.1) is 0 Å². The molecule has 2 aromatic carbocycles. The predicted octanol–water partition coefficient (Wildman–Crippen LogP) is 3.44. The standard InChI is InChI=1S/C28H34N4O4/c1-4-31-23(19-30-16-17-32(20(3)18-30)26(33)22-14-10-7-11-15-22)24(27(34)36-5-2)25(29-28(31)35)21-12-8-6-9-13-21/h6-15,20,25H,4-5,16-19H2,1-3H3,(H,29,35)/t20-,25-/m0/s1. The van der Waals surface area contributed by atoms with Crippen molar-refractivity contribution in [2.45, 2.75) is 32.9 Å². The zero-order valence-corrected chi connectivity index (χ0v) is 21.1. The van der Waals surface area contributed by atoms with E-state index < -0.39 is 12.0 Å². The van der Waals surface area contributed by atoms with Crippen molar-refractivity contribution in [1.82, 2.24) is 20.0 Å². The van der Waals surface area contributed by atoms with Gasteiger partial charge in [0.05, 0.1) is 18.2 Å². The molecule has 0 radical (unpaired) electrons. The fourth-order valence-corrected chi connectivity index (χ4v) is 4.99. The molecule has 2 atom stereocenters. The lowest BCUT2D eigenvalue weighted by molar-refractivity contribution is -0.139. The molecule has 0 spiro atoms. The summed E-state index contributed by atoms with van der Waals surface area (Å²) in [7, 11) is 0. The smallest absolute Gasteiger partial charge is 0.338 e. The average Bonchev–Trinajstić information content (AvgIpc) is 2.89. The molecule has 0 unspecified atom stereocenters. The first kappa shape index (κ1) is 25.4. The van der Waals surface area contributed by atoms with Crippen LogP contribution in [0.15, 0.2) is 71.9 Å². The first-order valence-corrected chi connectivity index (χ1v) is 12.6. The van der Waals surface area contributed by atoms with Gasteiger partial charge in [-0.2, -0.15) is 0 Å². The minimum Gasteiger partial charge on any atom is -0.463 e. The SMILES string of the molecule is CCOC(=O)C1=C(CN2CCN(C(=O)c3ccccc3)[C@@H](C)C2)N(CC)C(=O)N[C@H]1c1ccccc1. The zero-order chi connectivity index (χ0) is 25.7. The maximum absolute atomic E-state index is 13.2. The van der Waals surface area contributed by atoms with Crippen molar-refractivity contribution < 1.29 is 19.1 Å². The van der Waals surface area contributed by atoms with Gasteiger partial charge >= 0.3 is 12.0 Å². The number of hydrogen-bond donors (Lipinski definition) is 1. The van der Waals surface area contributed by atoms with Crippen LogP contribution in [0.3, 0.4) is 0 Å². The number of piperazine rings is 1. The summed E-state index contributed by atoms with van der Waals surface area (Å²) in [5.74, 6) is -0.406. The Kier molecular flexibility index (Phi) is 8.05. The highest BCUT2D eigenvalue weighted by atomic mass is 16.5. The third-order valence-corrected chi connectivity index (χ3v) is 6.75. The maximum Gasteiger partial charge on any atom is 0.338 e. The van der Waals surface area contributed by atoms with Gasteiger partial charge in [0, 0.05) is 50.0 Å². The van der Waals surface area contributed by atoms with Gasteiger partial charge < -0.3 is 15.0 Å². The van der Waals surface area contributed by atoms with E-state index in [2.05, 4.69) is 10.2 Å². The molecule has 1 saturated heterocycles. The van der Waals surface area contributed by atoms with Crippen LogP contribution in [0.4, 0.5) is 4.79 Å². The number of urea groups is 1. The highest BCUT2D eigenvalue weighted by Gasteiger charge is 2.39. The molecule has 190 valence electrons. The maximum atomic E-state index is 13.2. The average molecular weight is 491 g/mol. The Balaban J connectivity index is 1.62. The fourth-order valence-electron chi connectivity index (χ4n) is 4.99. The van der Waals surface area contributed by atoms with Gasteiger partial charge in [0.15, 0.2) is 0 Å². The van der Waals surface area contributed by atoms with Crippen LogP contribution >= 0.6 is 0 Å². The molecule has 3 amide bonds. The summed E-state index contributed by atoms with van der Waals surface area (Å²) in [5.41, 5.74) is 2.62. The summed E-state index contributed by atoms with van der Waals surface area (Å²) in [5, 5.41) is 3.00. The Bertz CT molecular complexity index is 1120. The Labute approximate surface area is 212 Å². The molecule has 0 bridgehead atoms. The van der Waals surface area contributed by atoms with Crippen molar-refractivity contribution in [2.75, 3.05) is 39.3 Å². The van der Waals surface area contributed by atoms with E-state index in [1.54, 1.807) is 11.8 Å². The van der Waals surface area contributed by atoms with Crippen LogP contribution < -0.4 is 5.32 Å². The van der Waals surface area contributed by atoms with E-state index in [0.29, 0.717) is 49.6 Å². The Morgan fingerprint density at radius 2 is 1.67 bits per heavy atom. The molecule has 0 aliphatic carbocycles. The van der Waals surface area contributed by atoms with Gasteiger partial charge in [-0.3, -0.25) is 14.6 Å². The monoisotopic (exact) mass is 490 g/mol. The van der Waals surface area contributed by atoms with Crippen LogP contribution in [0.5, 0.6) is 0 Å². The van der Waals surface area contributed by atoms with E-state index in [9.17, 15) is 14.4 Å². The van der Waals surface area contributed by atoms with Crippen LogP contribution in [0.25, 0.3) is 0 Å². The number of carbonyl (C=O) groups excluding carboxylic acids is 3. The summed E-state index contributed by atoms with van der Waals surface area (Å²) < 4.78 is 5.45. The highest BCUT2D eigenvalue weighted by Crippen LogP contribution is 2.32. The summed E-state index contributed by atoms with van der Waals surface area (Å²) in [4.78, 5) is 45.1. The lowest BCUT2D eigenvalue weighted by Crippen LogP contribution is -2.56. The van der Waals surface area contributed by atoms with Crippen molar-refractivity contribution in [3.8, 4) is 0 Å². The molecule has 0 aromatic heterocycles. The van der Waals surface area contributed by atoms with Crippen LogP contribution in [-0.4, -0.2) is 78.0 Å². The van der Waals surface area contributed by atoms with E-state index >= 15 is 0 Å². The predicted molar refractivity (Wildman–Crippen MR) is 137 cm³/mol. The molecule has 1 N–H and O–H groups in total. The summed E-state index contributed by atoms with van der Waals surface area (Å²) in [6.45, 7) is 8.62. The van der Waals surface area contributed by atoms with Crippen molar-refractivity contribution in [3.05, 3.63) is 83.1 Å². The highest BCUT2D eigenvalue weighted by molar-refractivity contribution is 5.95. The lowest BCUT2D eigenvalue weighted by Gasteiger charge is -2.43. The van der Waals surface area contributed by atoms with E-state index in [4.69, 9.17) is 4.74 Å². The number of ether oxygens (including phenoxy) is 1. The molecule has 8 nitrogen and oxygen atoms in total. The number of carbonyl (C=O) groups is 3. The van der Waals surface area contributed by atoms with Gasteiger partial charge in [-0.1, -0.05) is 48.5 Å².